The Kier molecular flexibility index (Phi) is 5.05. The van der Waals surface area contributed by atoms with Crippen molar-refractivity contribution < 1.29 is 0 Å². The molecule has 108 valence electrons. The summed E-state index contributed by atoms with van der Waals surface area (Å²) >= 11 is 5.39. The number of hydrogen-bond acceptors (Lipinski definition) is 2. The summed E-state index contributed by atoms with van der Waals surface area (Å²) in [6, 6.07) is 6.94. The van der Waals surface area contributed by atoms with Crippen LogP contribution in [0.25, 0.3) is 0 Å². The van der Waals surface area contributed by atoms with Gasteiger partial charge in [-0.15, -0.1) is 11.3 Å². The van der Waals surface area contributed by atoms with Crippen LogP contribution < -0.4 is 5.32 Å². The Bertz CT molecular complexity index is 589. The zero-order valence-corrected chi connectivity index (χ0v) is 15.2. The summed E-state index contributed by atoms with van der Waals surface area (Å²) in [7, 11) is 0. The Morgan fingerprint density at radius 1 is 1.10 bits per heavy atom. The van der Waals surface area contributed by atoms with E-state index in [1.165, 1.54) is 36.5 Å². The first-order valence-electron chi connectivity index (χ1n) is 7.01. The van der Waals surface area contributed by atoms with Crippen LogP contribution in [-0.2, 0) is 0 Å². The van der Waals surface area contributed by atoms with Gasteiger partial charge in [0.15, 0.2) is 0 Å². The van der Waals surface area contributed by atoms with E-state index < -0.39 is 0 Å². The molecule has 0 aliphatic rings. The minimum absolute atomic E-state index is 0.287. The van der Waals surface area contributed by atoms with Gasteiger partial charge in [-0.1, -0.05) is 13.0 Å². The van der Waals surface area contributed by atoms with Crippen LogP contribution >= 0.6 is 27.3 Å². The van der Waals surface area contributed by atoms with Gasteiger partial charge >= 0.3 is 0 Å². The summed E-state index contributed by atoms with van der Waals surface area (Å²) in [5.74, 6) is 0. The predicted molar refractivity (Wildman–Crippen MR) is 92.9 cm³/mol. The Balaban J connectivity index is 2.60. The first kappa shape index (κ1) is 15.7. The molecule has 1 heterocycles. The quantitative estimate of drug-likeness (QED) is 0.772. The van der Waals surface area contributed by atoms with Gasteiger partial charge in [0.25, 0.3) is 0 Å². The van der Waals surface area contributed by atoms with Gasteiger partial charge < -0.3 is 5.32 Å². The average molecular weight is 352 g/mol. The molecule has 2 aromatic rings. The number of nitrogens with one attached hydrogen (secondary N) is 1. The minimum atomic E-state index is 0.287. The van der Waals surface area contributed by atoms with Crippen LogP contribution in [0.2, 0.25) is 0 Å². The highest BCUT2D eigenvalue weighted by Gasteiger charge is 2.21. The third-order valence-corrected chi connectivity index (χ3v) is 5.69. The molecule has 1 aromatic carbocycles. The molecule has 0 saturated carbocycles. The molecule has 2 rings (SSSR count). The molecule has 0 radical (unpaired) electrons. The maximum Gasteiger partial charge on any atom is 0.0702 e. The number of halogens is 1. The lowest BCUT2D eigenvalue weighted by Gasteiger charge is -2.24. The molecule has 0 saturated heterocycles. The minimum Gasteiger partial charge on any atom is -0.306 e. The summed E-state index contributed by atoms with van der Waals surface area (Å²) in [6.07, 6.45) is 0. The zero-order chi connectivity index (χ0) is 14.9. The molecule has 1 aromatic heterocycles. The number of rotatable bonds is 4. The molecule has 3 heteroatoms. The highest BCUT2D eigenvalue weighted by Crippen LogP contribution is 2.36. The highest BCUT2D eigenvalue weighted by atomic mass is 79.9. The molecule has 0 amide bonds. The van der Waals surface area contributed by atoms with Crippen molar-refractivity contribution in [3.63, 3.8) is 0 Å². The van der Waals surface area contributed by atoms with Crippen molar-refractivity contribution in [2.75, 3.05) is 6.54 Å². The van der Waals surface area contributed by atoms with Gasteiger partial charge in [0.05, 0.1) is 9.83 Å². The van der Waals surface area contributed by atoms with E-state index in [9.17, 15) is 0 Å². The van der Waals surface area contributed by atoms with Crippen LogP contribution in [0.4, 0.5) is 0 Å². The fourth-order valence-corrected chi connectivity index (χ4v) is 4.22. The SMILES string of the molecule is CCNC(c1ccc(Br)s1)c1c(C)c(C)cc(C)c1C. The Morgan fingerprint density at radius 3 is 2.15 bits per heavy atom. The largest absolute Gasteiger partial charge is 0.306 e. The maximum atomic E-state index is 3.65. The number of benzene rings is 1. The Hall–Kier alpha value is -0.640. The molecular weight excluding hydrogens is 330 g/mol. The van der Waals surface area contributed by atoms with Crippen LogP contribution in [0.1, 0.15) is 45.7 Å². The van der Waals surface area contributed by atoms with E-state index in [1.807, 2.05) is 11.3 Å². The summed E-state index contributed by atoms with van der Waals surface area (Å²) in [4.78, 5) is 1.37. The van der Waals surface area contributed by atoms with Gasteiger partial charge in [-0.3, -0.25) is 0 Å². The lowest BCUT2D eigenvalue weighted by atomic mass is 9.89. The summed E-state index contributed by atoms with van der Waals surface area (Å²) in [5.41, 5.74) is 7.01. The van der Waals surface area contributed by atoms with Gasteiger partial charge in [0.2, 0.25) is 0 Å². The van der Waals surface area contributed by atoms with Gasteiger partial charge in [0, 0.05) is 4.88 Å². The van der Waals surface area contributed by atoms with Crippen LogP contribution in [0.5, 0.6) is 0 Å². The Labute approximate surface area is 134 Å². The van der Waals surface area contributed by atoms with Gasteiger partial charge in [-0.25, -0.2) is 0 Å². The smallest absolute Gasteiger partial charge is 0.0702 e. The van der Waals surface area contributed by atoms with E-state index in [2.05, 4.69) is 74.1 Å². The molecule has 1 N–H and O–H groups in total. The molecule has 20 heavy (non-hydrogen) atoms. The van der Waals surface area contributed by atoms with E-state index >= 15 is 0 Å². The molecule has 0 spiro atoms. The van der Waals surface area contributed by atoms with E-state index in [-0.39, 0.29) is 6.04 Å². The summed E-state index contributed by atoms with van der Waals surface area (Å²) < 4.78 is 1.19. The lowest BCUT2D eigenvalue weighted by molar-refractivity contribution is 0.632. The van der Waals surface area contributed by atoms with Crippen molar-refractivity contribution in [1.82, 2.24) is 5.32 Å². The molecule has 0 aliphatic carbocycles. The topological polar surface area (TPSA) is 12.0 Å². The third kappa shape index (κ3) is 3.00. The van der Waals surface area contributed by atoms with Crippen LogP contribution in [-0.4, -0.2) is 6.54 Å². The molecule has 0 bridgehead atoms. The van der Waals surface area contributed by atoms with E-state index in [0.29, 0.717) is 0 Å². The average Bonchev–Trinajstić information content (AvgIpc) is 2.82. The normalized spacial score (nSPS) is 12.7. The lowest BCUT2D eigenvalue weighted by Crippen LogP contribution is -2.23. The number of aryl methyl sites for hydroxylation is 2. The summed E-state index contributed by atoms with van der Waals surface area (Å²) in [5, 5.41) is 3.65. The van der Waals surface area contributed by atoms with Crippen LogP contribution in [0.15, 0.2) is 22.0 Å². The second kappa shape index (κ2) is 6.42. The van der Waals surface area contributed by atoms with Crippen molar-refractivity contribution >= 4 is 27.3 Å². The predicted octanol–water partition coefficient (Wildman–Crippen LogP) is 5.44. The van der Waals surface area contributed by atoms with Crippen LogP contribution in [0, 0.1) is 27.7 Å². The number of hydrogen-bond donors (Lipinski definition) is 1. The number of thiophene rings is 1. The molecule has 1 unspecified atom stereocenters. The first-order valence-corrected chi connectivity index (χ1v) is 8.62. The summed E-state index contributed by atoms with van der Waals surface area (Å²) in [6.45, 7) is 12.0. The van der Waals surface area contributed by atoms with Crippen molar-refractivity contribution in [3.05, 3.63) is 54.7 Å². The fourth-order valence-electron chi connectivity index (χ4n) is 2.71. The second-order valence-electron chi connectivity index (χ2n) is 5.31. The first-order chi connectivity index (χ1) is 9.45. The maximum absolute atomic E-state index is 3.65. The monoisotopic (exact) mass is 351 g/mol. The zero-order valence-electron chi connectivity index (χ0n) is 12.8. The second-order valence-corrected chi connectivity index (χ2v) is 7.80. The highest BCUT2D eigenvalue weighted by molar-refractivity contribution is 9.11. The molecule has 1 nitrogen and oxygen atoms in total. The van der Waals surface area contributed by atoms with Crippen LogP contribution in [0.3, 0.4) is 0 Å². The standard InChI is InChI=1S/C17H22BrNS/c1-6-19-17(14-7-8-15(18)20-14)16-12(4)10(2)9-11(3)13(16)5/h7-9,17,19H,6H2,1-5H3. The Morgan fingerprint density at radius 2 is 1.70 bits per heavy atom. The van der Waals surface area contributed by atoms with E-state index in [1.54, 1.807) is 0 Å². The van der Waals surface area contributed by atoms with Gasteiger partial charge in [0.1, 0.15) is 0 Å². The van der Waals surface area contributed by atoms with E-state index in [0.717, 1.165) is 6.54 Å². The third-order valence-electron chi connectivity index (χ3n) is 4.00. The molecule has 0 aliphatic heterocycles. The van der Waals surface area contributed by atoms with Gasteiger partial charge in [-0.2, -0.15) is 0 Å². The van der Waals surface area contributed by atoms with Crippen molar-refractivity contribution in [2.24, 2.45) is 0 Å². The van der Waals surface area contributed by atoms with Gasteiger partial charge in [-0.05, 0) is 90.1 Å². The molecular formula is C17H22BrNS. The van der Waals surface area contributed by atoms with Crippen molar-refractivity contribution in [2.45, 2.75) is 40.7 Å². The molecule has 0 fully saturated rings. The van der Waals surface area contributed by atoms with E-state index in [4.69, 9.17) is 0 Å². The van der Waals surface area contributed by atoms with Crippen molar-refractivity contribution in [1.29, 1.82) is 0 Å². The van der Waals surface area contributed by atoms with Crippen molar-refractivity contribution in [3.8, 4) is 0 Å². The fraction of sp³-hybridized carbons (Fsp3) is 0.412. The molecule has 1 atom stereocenters.